The van der Waals surface area contributed by atoms with Crippen molar-refractivity contribution < 1.29 is 9.47 Å². The molecule has 0 bridgehead atoms. The van der Waals surface area contributed by atoms with E-state index in [1.807, 2.05) is 0 Å². The van der Waals surface area contributed by atoms with Crippen LogP contribution in [0.4, 0.5) is 0 Å². The molecule has 3 heteroatoms. The van der Waals surface area contributed by atoms with Gasteiger partial charge in [0.15, 0.2) is 0 Å². The molecule has 64 valence electrons. The average molecular weight is 157 g/mol. The smallest absolute Gasteiger partial charge is 0.122 e. The summed E-state index contributed by atoms with van der Waals surface area (Å²) in [7, 11) is 1.64. The van der Waals surface area contributed by atoms with E-state index in [0.717, 1.165) is 0 Å². The molecular formula is C8H15NO2. The molecule has 0 unspecified atom stereocenters. The number of methoxy groups -OCH3 is 1. The van der Waals surface area contributed by atoms with Crippen LogP contribution in [0, 0.1) is 0 Å². The summed E-state index contributed by atoms with van der Waals surface area (Å²) >= 11 is 0. The fourth-order valence-corrected chi connectivity index (χ4v) is 0.492. The van der Waals surface area contributed by atoms with Gasteiger partial charge in [0.1, 0.15) is 6.73 Å². The Bertz CT molecular complexity index is 107. The first-order valence-electron chi connectivity index (χ1n) is 3.42. The lowest BCUT2D eigenvalue weighted by Crippen LogP contribution is -2.15. The molecule has 0 aliphatic rings. The highest BCUT2D eigenvalue weighted by Gasteiger charge is 1.90. The van der Waals surface area contributed by atoms with E-state index in [1.54, 1.807) is 24.4 Å². The van der Waals surface area contributed by atoms with Crippen LogP contribution in [0.3, 0.4) is 0 Å². The SMILES string of the molecule is C=CN(C=C)COCCOC. The van der Waals surface area contributed by atoms with Crippen LogP contribution in [0.25, 0.3) is 0 Å². The van der Waals surface area contributed by atoms with Crippen molar-refractivity contribution in [1.29, 1.82) is 0 Å². The van der Waals surface area contributed by atoms with E-state index in [1.165, 1.54) is 0 Å². The second kappa shape index (κ2) is 7.31. The molecule has 0 atom stereocenters. The molecule has 0 amide bonds. The highest BCUT2D eigenvalue weighted by molar-refractivity contribution is 4.77. The van der Waals surface area contributed by atoms with Crippen LogP contribution in [0.15, 0.2) is 25.6 Å². The van der Waals surface area contributed by atoms with Gasteiger partial charge in [-0.15, -0.1) is 0 Å². The number of hydrogen-bond acceptors (Lipinski definition) is 3. The second-order valence-electron chi connectivity index (χ2n) is 1.91. The van der Waals surface area contributed by atoms with Crippen molar-refractivity contribution in [3.8, 4) is 0 Å². The van der Waals surface area contributed by atoms with Gasteiger partial charge in [-0.25, -0.2) is 0 Å². The van der Waals surface area contributed by atoms with Gasteiger partial charge in [0.25, 0.3) is 0 Å². The van der Waals surface area contributed by atoms with E-state index in [-0.39, 0.29) is 0 Å². The van der Waals surface area contributed by atoms with Crippen LogP contribution < -0.4 is 0 Å². The monoisotopic (exact) mass is 157 g/mol. The van der Waals surface area contributed by atoms with Crippen molar-refractivity contribution in [2.75, 3.05) is 27.1 Å². The van der Waals surface area contributed by atoms with E-state index < -0.39 is 0 Å². The van der Waals surface area contributed by atoms with E-state index in [2.05, 4.69) is 13.2 Å². The predicted octanol–water partition coefficient (Wildman–Crippen LogP) is 1.20. The topological polar surface area (TPSA) is 21.7 Å². The Hall–Kier alpha value is -0.800. The van der Waals surface area contributed by atoms with E-state index >= 15 is 0 Å². The summed E-state index contributed by atoms with van der Waals surface area (Å²) in [5, 5.41) is 0. The molecule has 0 radical (unpaired) electrons. The molecule has 0 N–H and O–H groups in total. The van der Waals surface area contributed by atoms with Gasteiger partial charge >= 0.3 is 0 Å². The molecule has 0 saturated carbocycles. The molecule has 0 aromatic rings. The Morgan fingerprint density at radius 1 is 1.27 bits per heavy atom. The van der Waals surface area contributed by atoms with Crippen LogP contribution in [-0.2, 0) is 9.47 Å². The zero-order chi connectivity index (χ0) is 8.53. The lowest BCUT2D eigenvalue weighted by Gasteiger charge is -2.13. The van der Waals surface area contributed by atoms with Gasteiger partial charge < -0.3 is 14.4 Å². The van der Waals surface area contributed by atoms with Crippen molar-refractivity contribution >= 4 is 0 Å². The number of ether oxygens (including phenoxy) is 2. The molecule has 11 heavy (non-hydrogen) atoms. The van der Waals surface area contributed by atoms with Crippen molar-refractivity contribution in [2.24, 2.45) is 0 Å². The Labute approximate surface area is 67.9 Å². The quantitative estimate of drug-likeness (QED) is 0.409. The van der Waals surface area contributed by atoms with E-state index in [4.69, 9.17) is 9.47 Å². The Kier molecular flexibility index (Phi) is 6.78. The van der Waals surface area contributed by atoms with Crippen LogP contribution in [-0.4, -0.2) is 32.0 Å². The third kappa shape index (κ3) is 5.63. The Balaban J connectivity index is 3.21. The molecule has 0 rings (SSSR count). The van der Waals surface area contributed by atoms with Crippen LogP contribution in [0.1, 0.15) is 0 Å². The maximum absolute atomic E-state index is 5.18. The molecule has 0 heterocycles. The molecule has 0 spiro atoms. The Morgan fingerprint density at radius 3 is 2.36 bits per heavy atom. The third-order valence-corrected chi connectivity index (χ3v) is 1.14. The first kappa shape index (κ1) is 10.2. The van der Waals surface area contributed by atoms with Gasteiger partial charge in [-0.2, -0.15) is 0 Å². The van der Waals surface area contributed by atoms with Gasteiger partial charge in [-0.1, -0.05) is 13.2 Å². The lowest BCUT2D eigenvalue weighted by atomic mass is 10.7. The minimum atomic E-state index is 0.482. The third-order valence-electron chi connectivity index (χ3n) is 1.14. The van der Waals surface area contributed by atoms with Crippen molar-refractivity contribution in [3.05, 3.63) is 25.6 Å². The highest BCUT2D eigenvalue weighted by Crippen LogP contribution is 1.88. The first-order chi connectivity index (χ1) is 5.35. The maximum Gasteiger partial charge on any atom is 0.122 e. The molecule has 3 nitrogen and oxygen atoms in total. The zero-order valence-electron chi connectivity index (χ0n) is 6.95. The summed E-state index contributed by atoms with van der Waals surface area (Å²) in [4.78, 5) is 1.75. The molecule has 0 fully saturated rings. The van der Waals surface area contributed by atoms with Crippen molar-refractivity contribution in [3.63, 3.8) is 0 Å². The average Bonchev–Trinajstić information content (AvgIpc) is 2.05. The van der Waals surface area contributed by atoms with Gasteiger partial charge in [-0.3, -0.25) is 0 Å². The standard InChI is InChI=1S/C8H15NO2/c1-4-9(5-2)8-11-7-6-10-3/h4-5H,1-2,6-8H2,3H3. The van der Waals surface area contributed by atoms with Gasteiger partial charge in [0, 0.05) is 7.11 Å². The number of hydrogen-bond donors (Lipinski definition) is 0. The molecule has 0 aliphatic heterocycles. The van der Waals surface area contributed by atoms with Crippen molar-refractivity contribution in [1.82, 2.24) is 4.90 Å². The number of nitrogens with zero attached hydrogens (tertiary/aromatic N) is 1. The van der Waals surface area contributed by atoms with Crippen LogP contribution in [0.5, 0.6) is 0 Å². The first-order valence-corrected chi connectivity index (χ1v) is 3.42. The summed E-state index contributed by atoms with van der Waals surface area (Å²) in [6, 6.07) is 0. The summed E-state index contributed by atoms with van der Waals surface area (Å²) in [6.07, 6.45) is 3.31. The van der Waals surface area contributed by atoms with Crippen LogP contribution in [0.2, 0.25) is 0 Å². The Morgan fingerprint density at radius 2 is 1.91 bits per heavy atom. The van der Waals surface area contributed by atoms with Gasteiger partial charge in [0.05, 0.1) is 13.2 Å². The summed E-state index contributed by atoms with van der Waals surface area (Å²) in [5.41, 5.74) is 0. The normalized spacial score (nSPS) is 9.18. The molecule has 0 aromatic heterocycles. The van der Waals surface area contributed by atoms with Crippen molar-refractivity contribution in [2.45, 2.75) is 0 Å². The molecule has 0 saturated heterocycles. The minimum Gasteiger partial charge on any atom is -0.382 e. The number of rotatable bonds is 7. The van der Waals surface area contributed by atoms with Gasteiger partial charge in [0.2, 0.25) is 0 Å². The molecule has 0 aliphatic carbocycles. The largest absolute Gasteiger partial charge is 0.382 e. The summed E-state index contributed by atoms with van der Waals surface area (Å²) < 4.78 is 9.97. The fourth-order valence-electron chi connectivity index (χ4n) is 0.492. The summed E-state index contributed by atoms with van der Waals surface area (Å²) in [5.74, 6) is 0. The van der Waals surface area contributed by atoms with E-state index in [9.17, 15) is 0 Å². The maximum atomic E-state index is 5.18. The van der Waals surface area contributed by atoms with Gasteiger partial charge in [-0.05, 0) is 12.4 Å². The minimum absolute atomic E-state index is 0.482. The fraction of sp³-hybridized carbons (Fsp3) is 0.500. The van der Waals surface area contributed by atoms with Crippen LogP contribution >= 0.6 is 0 Å². The zero-order valence-corrected chi connectivity index (χ0v) is 6.95. The summed E-state index contributed by atoms with van der Waals surface area (Å²) in [6.45, 7) is 8.84. The lowest BCUT2D eigenvalue weighted by molar-refractivity contribution is 0.0354. The molecular weight excluding hydrogens is 142 g/mol. The second-order valence-corrected chi connectivity index (χ2v) is 1.91. The predicted molar refractivity (Wildman–Crippen MR) is 44.9 cm³/mol. The highest BCUT2D eigenvalue weighted by atomic mass is 16.5. The van der Waals surface area contributed by atoms with E-state index in [0.29, 0.717) is 19.9 Å². The molecule has 0 aromatic carbocycles.